The highest BCUT2D eigenvalue weighted by Gasteiger charge is 2.22. The predicted molar refractivity (Wildman–Crippen MR) is 442 cm³/mol. The van der Waals surface area contributed by atoms with Crippen LogP contribution in [-0.4, -0.2) is 9.97 Å². The number of nitrogens with zero attached hydrogens (tertiary/aromatic N) is 2. The first-order valence-corrected chi connectivity index (χ1v) is 36.9. The standard InChI is InChI=1S/2C49H29NOS/c1-3-11-30(12-4-1)37-19-10-20-39-40-28-34(21-24-43(40)51-49(37)39)33-16-9-17-35(27-33)42-29-41-38(48(50-42)32-14-5-2-6-15-32)23-26-45-47(41)46-36-18-8-7-13-31(36)22-25-44(46)52-45;1-3-9-30(10-4-1)35-20-25-45-39(27-35)40-28-36(21-26-46(40)52-45)31-15-17-33(18-16-31)42-29-41-38(49(50-42)34-12-5-2-6-13-34)22-24-44-48(41)47-37-14-8-7-11-32(37)19-23-43(47)51-44/h2*1-29H. The van der Waals surface area contributed by atoms with Crippen molar-refractivity contribution in [3.63, 3.8) is 0 Å². The summed E-state index contributed by atoms with van der Waals surface area (Å²) < 4.78 is 18.2. The van der Waals surface area contributed by atoms with Crippen LogP contribution in [-0.2, 0) is 0 Å². The van der Waals surface area contributed by atoms with E-state index in [2.05, 4.69) is 346 Å². The Morgan fingerprint density at radius 2 is 0.606 bits per heavy atom. The number of furan rings is 2. The van der Waals surface area contributed by atoms with Gasteiger partial charge in [0.15, 0.2) is 0 Å². The van der Waals surface area contributed by atoms with Crippen molar-refractivity contribution in [1.82, 2.24) is 9.97 Å². The molecule has 0 aliphatic carbocycles. The summed E-state index contributed by atoms with van der Waals surface area (Å²) in [6.45, 7) is 0. The molecule has 0 unspecified atom stereocenters. The third-order valence-electron chi connectivity index (χ3n) is 20.9. The van der Waals surface area contributed by atoms with Crippen LogP contribution in [0.15, 0.2) is 361 Å². The Balaban J connectivity index is 0.000000134. The monoisotopic (exact) mass is 1360 g/mol. The average molecular weight is 1360 g/mol. The lowest BCUT2D eigenvalue weighted by Gasteiger charge is -2.13. The normalized spacial score (nSPS) is 11.8. The Morgan fingerprint density at radius 3 is 1.27 bits per heavy atom. The zero-order valence-electron chi connectivity index (χ0n) is 56.0. The molecule has 6 heteroatoms. The molecule has 484 valence electrons. The Morgan fingerprint density at radius 1 is 0.202 bits per heavy atom. The Hall–Kier alpha value is -13.1. The van der Waals surface area contributed by atoms with E-state index in [4.69, 9.17) is 18.8 Å². The van der Waals surface area contributed by atoms with Gasteiger partial charge in [-0.25, -0.2) is 9.97 Å². The van der Waals surface area contributed by atoms with E-state index in [0.29, 0.717) is 0 Å². The van der Waals surface area contributed by atoms with Crippen molar-refractivity contribution in [2.45, 2.75) is 0 Å². The van der Waals surface area contributed by atoms with E-state index in [1.165, 1.54) is 94.9 Å². The molecule has 0 radical (unpaired) electrons. The molecule has 0 fully saturated rings. The van der Waals surface area contributed by atoms with E-state index in [-0.39, 0.29) is 0 Å². The fraction of sp³-hybridized carbons (Fsp3) is 0. The minimum Gasteiger partial charge on any atom is -0.456 e. The number of thiophene rings is 2. The number of rotatable bonds is 8. The first-order valence-electron chi connectivity index (χ1n) is 35.2. The number of aromatic nitrogens is 2. The van der Waals surface area contributed by atoms with E-state index in [9.17, 15) is 0 Å². The van der Waals surface area contributed by atoms with Crippen molar-refractivity contribution in [1.29, 1.82) is 0 Å². The quantitative estimate of drug-likeness (QED) is 0.152. The van der Waals surface area contributed by atoms with Crippen LogP contribution < -0.4 is 0 Å². The summed E-state index contributed by atoms with van der Waals surface area (Å²) in [5.74, 6) is 0. The van der Waals surface area contributed by atoms with Gasteiger partial charge in [-0.05, 0) is 156 Å². The van der Waals surface area contributed by atoms with Crippen molar-refractivity contribution in [3.8, 4) is 89.5 Å². The van der Waals surface area contributed by atoms with Crippen molar-refractivity contribution in [2.75, 3.05) is 0 Å². The second-order valence-electron chi connectivity index (χ2n) is 26.9. The van der Waals surface area contributed by atoms with Crippen LogP contribution in [0, 0.1) is 0 Å². The largest absolute Gasteiger partial charge is 0.456 e. The molecule has 0 saturated carbocycles. The maximum absolute atomic E-state index is 6.49. The van der Waals surface area contributed by atoms with Crippen LogP contribution >= 0.6 is 22.7 Å². The minimum absolute atomic E-state index is 0.887. The molecule has 0 N–H and O–H groups in total. The highest BCUT2D eigenvalue weighted by atomic mass is 32.1. The van der Waals surface area contributed by atoms with E-state index in [1.807, 2.05) is 28.7 Å². The highest BCUT2D eigenvalue weighted by molar-refractivity contribution is 7.26. The van der Waals surface area contributed by atoms with Gasteiger partial charge in [-0.1, -0.05) is 267 Å². The van der Waals surface area contributed by atoms with Gasteiger partial charge in [0.25, 0.3) is 0 Å². The molecule has 104 heavy (non-hydrogen) atoms. The summed E-state index contributed by atoms with van der Waals surface area (Å²) in [5.41, 5.74) is 21.2. The van der Waals surface area contributed by atoms with Crippen molar-refractivity contribution in [3.05, 3.63) is 352 Å². The lowest BCUT2D eigenvalue weighted by atomic mass is 9.95. The molecule has 0 bridgehead atoms. The summed E-state index contributed by atoms with van der Waals surface area (Å²) in [6.07, 6.45) is 0. The average Bonchev–Trinajstić information content (AvgIpc) is 1.65. The number of benzene rings is 16. The first kappa shape index (κ1) is 59.7. The van der Waals surface area contributed by atoms with Gasteiger partial charge in [0, 0.05) is 100 Å². The first-order chi connectivity index (χ1) is 51.5. The fourth-order valence-electron chi connectivity index (χ4n) is 15.9. The van der Waals surface area contributed by atoms with Crippen molar-refractivity contribution < 1.29 is 8.83 Å². The maximum Gasteiger partial charge on any atom is 0.143 e. The van der Waals surface area contributed by atoms with Gasteiger partial charge in [-0.3, -0.25) is 0 Å². The summed E-state index contributed by atoms with van der Waals surface area (Å²) in [4.78, 5) is 10.8. The summed E-state index contributed by atoms with van der Waals surface area (Å²) in [6, 6.07) is 126. The smallest absolute Gasteiger partial charge is 0.143 e. The molecule has 0 saturated heterocycles. The molecular weight excluding hydrogens is 1300 g/mol. The molecule has 0 spiro atoms. The Bertz CT molecular complexity index is 7200. The van der Waals surface area contributed by atoms with Gasteiger partial charge in [0.05, 0.1) is 22.8 Å². The number of hydrogen-bond donors (Lipinski definition) is 0. The summed E-state index contributed by atoms with van der Waals surface area (Å²) >= 11 is 3.73. The predicted octanol–water partition coefficient (Wildman–Crippen LogP) is 28.6. The van der Waals surface area contributed by atoms with E-state index >= 15 is 0 Å². The van der Waals surface area contributed by atoms with E-state index < -0.39 is 0 Å². The lowest BCUT2D eigenvalue weighted by Crippen LogP contribution is -1.92. The van der Waals surface area contributed by atoms with Gasteiger partial charge >= 0.3 is 0 Å². The molecule has 22 aromatic rings. The molecule has 0 aliphatic rings. The molecule has 22 rings (SSSR count). The summed E-state index contributed by atoms with van der Waals surface area (Å²) in [7, 11) is 0. The number of pyridine rings is 2. The van der Waals surface area contributed by atoms with Crippen molar-refractivity contribution in [2.24, 2.45) is 0 Å². The lowest BCUT2D eigenvalue weighted by molar-refractivity contribution is 0.669. The third kappa shape index (κ3) is 10.0. The molecular formula is C98H58N2O2S2. The molecule has 4 nitrogen and oxygen atoms in total. The molecule has 0 atom stereocenters. The molecule has 0 aliphatic heterocycles. The van der Waals surface area contributed by atoms with Crippen LogP contribution in [0.4, 0.5) is 0 Å². The van der Waals surface area contributed by atoms with Gasteiger partial charge in [0.1, 0.15) is 22.3 Å². The van der Waals surface area contributed by atoms with Gasteiger partial charge in [-0.15, -0.1) is 22.7 Å². The SMILES string of the molecule is c1ccc(-c2ccc3sc4ccc(-c5ccc(-c6cc7c(ccc8oc9ccc%10ccccc%10c9c87)c(-c7ccccc7)n6)cc5)cc4c3c2)cc1.c1ccc(-c2nc(-c3cccc(-c4ccc5oc6c(-c7ccccc7)cccc6c5c4)c3)cc3c2ccc2sc4ccc5ccccc5c4c23)cc1. The highest BCUT2D eigenvalue weighted by Crippen LogP contribution is 2.48. The van der Waals surface area contributed by atoms with Crippen LogP contribution in [0.2, 0.25) is 0 Å². The van der Waals surface area contributed by atoms with Crippen LogP contribution in [0.5, 0.6) is 0 Å². The van der Waals surface area contributed by atoms with Gasteiger partial charge < -0.3 is 8.83 Å². The maximum atomic E-state index is 6.49. The van der Waals surface area contributed by atoms with E-state index in [0.717, 1.165) is 122 Å². The minimum atomic E-state index is 0.887. The number of fused-ring (bicyclic) bond motifs is 20. The molecule has 6 aromatic heterocycles. The molecule has 6 heterocycles. The van der Waals surface area contributed by atoms with E-state index in [1.54, 1.807) is 0 Å². The zero-order chi connectivity index (χ0) is 68.3. The Labute approximate surface area is 605 Å². The van der Waals surface area contributed by atoms with Crippen LogP contribution in [0.25, 0.3) is 217 Å². The zero-order valence-corrected chi connectivity index (χ0v) is 57.6. The third-order valence-corrected chi connectivity index (χ3v) is 23.2. The Kier molecular flexibility index (Phi) is 14.0. The van der Waals surface area contributed by atoms with Crippen LogP contribution in [0.1, 0.15) is 0 Å². The fourth-order valence-corrected chi connectivity index (χ4v) is 18.1. The summed E-state index contributed by atoms with van der Waals surface area (Å²) in [5, 5.41) is 19.4. The molecule has 16 aromatic carbocycles. The second kappa shape index (κ2) is 24.3. The van der Waals surface area contributed by atoms with Gasteiger partial charge in [0.2, 0.25) is 0 Å². The van der Waals surface area contributed by atoms with Gasteiger partial charge in [-0.2, -0.15) is 0 Å². The molecule has 0 amide bonds. The second-order valence-corrected chi connectivity index (χ2v) is 29.1. The number of para-hydroxylation sites is 1. The number of hydrogen-bond acceptors (Lipinski definition) is 6. The van der Waals surface area contributed by atoms with Crippen molar-refractivity contribution >= 4 is 150 Å². The van der Waals surface area contributed by atoms with Crippen LogP contribution in [0.3, 0.4) is 0 Å². The topological polar surface area (TPSA) is 52.1 Å².